The van der Waals surface area contributed by atoms with E-state index < -0.39 is 28.9 Å². The summed E-state index contributed by atoms with van der Waals surface area (Å²) < 4.78 is 41.7. The Morgan fingerprint density at radius 2 is 1.83 bits per heavy atom. The highest BCUT2D eigenvalue weighted by Gasteiger charge is 2.14. The molecular formula is C27H19F3N4O2. The van der Waals surface area contributed by atoms with Crippen molar-refractivity contribution < 1.29 is 18.0 Å². The van der Waals surface area contributed by atoms with Crippen LogP contribution in [0.25, 0.3) is 22.2 Å². The number of hydrogen-bond donors (Lipinski definition) is 2. The van der Waals surface area contributed by atoms with Crippen molar-refractivity contribution in [2.24, 2.45) is 0 Å². The molecule has 0 bridgehead atoms. The summed E-state index contributed by atoms with van der Waals surface area (Å²) in [6, 6.07) is 15.1. The number of amides is 1. The Morgan fingerprint density at radius 1 is 0.972 bits per heavy atom. The number of benzene rings is 2. The van der Waals surface area contributed by atoms with Gasteiger partial charge in [0.2, 0.25) is 0 Å². The maximum Gasteiger partial charge on any atom is 0.263 e. The summed E-state index contributed by atoms with van der Waals surface area (Å²) in [5.74, 6) is -2.99. The molecule has 2 aromatic carbocycles. The van der Waals surface area contributed by atoms with Gasteiger partial charge in [0.05, 0.1) is 12.7 Å². The van der Waals surface area contributed by atoms with Crippen molar-refractivity contribution in [2.45, 2.75) is 13.1 Å². The number of halogens is 3. The molecule has 0 aliphatic heterocycles. The average Bonchev–Trinajstić information content (AvgIpc) is 3.29. The molecule has 0 saturated carbocycles. The molecule has 0 radical (unpaired) electrons. The van der Waals surface area contributed by atoms with E-state index in [0.29, 0.717) is 16.6 Å². The molecule has 180 valence electrons. The molecule has 9 heteroatoms. The number of aromatic amines is 1. The summed E-state index contributed by atoms with van der Waals surface area (Å²) >= 11 is 0. The molecule has 0 saturated heterocycles. The zero-order chi connectivity index (χ0) is 25.2. The Morgan fingerprint density at radius 3 is 2.67 bits per heavy atom. The molecule has 0 aliphatic carbocycles. The van der Waals surface area contributed by atoms with E-state index in [9.17, 15) is 22.8 Å². The number of nitrogens with zero attached hydrogens (tertiary/aromatic N) is 2. The Kier molecular flexibility index (Phi) is 6.12. The van der Waals surface area contributed by atoms with E-state index in [1.807, 2.05) is 24.3 Å². The predicted octanol–water partition coefficient (Wildman–Crippen LogP) is 4.79. The average molecular weight is 488 g/mol. The van der Waals surface area contributed by atoms with E-state index in [-0.39, 0.29) is 18.7 Å². The molecule has 36 heavy (non-hydrogen) atoms. The van der Waals surface area contributed by atoms with Crippen molar-refractivity contribution in [2.75, 3.05) is 0 Å². The van der Waals surface area contributed by atoms with E-state index in [4.69, 9.17) is 0 Å². The third kappa shape index (κ3) is 4.63. The van der Waals surface area contributed by atoms with Crippen LogP contribution in [0.2, 0.25) is 0 Å². The quantitative estimate of drug-likeness (QED) is 0.361. The Balaban J connectivity index is 1.32. The molecule has 0 unspecified atom stereocenters. The molecular weight excluding hydrogens is 469 g/mol. The minimum absolute atomic E-state index is 0.0146. The van der Waals surface area contributed by atoms with E-state index in [2.05, 4.69) is 15.3 Å². The summed E-state index contributed by atoms with van der Waals surface area (Å²) in [5.41, 5.74) is 2.68. The summed E-state index contributed by atoms with van der Waals surface area (Å²) in [5, 5.41) is 3.38. The van der Waals surface area contributed by atoms with Crippen LogP contribution in [0.1, 0.15) is 21.5 Å². The van der Waals surface area contributed by atoms with E-state index in [0.717, 1.165) is 35.0 Å². The van der Waals surface area contributed by atoms with Crippen LogP contribution >= 0.6 is 0 Å². The number of nitrogens with one attached hydrogen (secondary N) is 2. The van der Waals surface area contributed by atoms with Crippen LogP contribution in [0.15, 0.2) is 84.0 Å². The number of carbonyl (C=O) groups excluding carboxylic acids is 1. The number of aromatic nitrogens is 3. The van der Waals surface area contributed by atoms with Gasteiger partial charge in [0, 0.05) is 29.9 Å². The van der Waals surface area contributed by atoms with Crippen LogP contribution in [0, 0.1) is 17.5 Å². The lowest BCUT2D eigenvalue weighted by molar-refractivity contribution is 0.0948. The second-order valence-corrected chi connectivity index (χ2v) is 8.24. The van der Waals surface area contributed by atoms with Crippen molar-refractivity contribution in [1.29, 1.82) is 0 Å². The number of hydrogen-bond acceptors (Lipinski definition) is 3. The standard InChI is InChI=1S/C27H19F3N4O2/c28-19-11-21-22(14-32-25(21)31-13-19)18-4-1-3-16(9-18)12-33-26(35)20-5-2-8-34(27(20)36)15-17-6-7-23(29)24(30)10-17/h1-11,13-14H,12,15H2,(H,31,32)(H,33,35). The molecule has 3 aromatic heterocycles. The van der Waals surface area contributed by atoms with Gasteiger partial charge in [-0.1, -0.05) is 24.3 Å². The Hall–Kier alpha value is -4.66. The molecule has 6 nitrogen and oxygen atoms in total. The van der Waals surface area contributed by atoms with Crippen LogP contribution in [-0.4, -0.2) is 20.4 Å². The number of H-pyrrole nitrogens is 1. The molecule has 0 atom stereocenters. The maximum atomic E-state index is 13.7. The Labute approximate surface area is 203 Å². The summed E-state index contributed by atoms with van der Waals surface area (Å²) in [4.78, 5) is 32.7. The van der Waals surface area contributed by atoms with Gasteiger partial charge in [-0.05, 0) is 53.1 Å². The molecule has 1 amide bonds. The van der Waals surface area contributed by atoms with Crippen molar-refractivity contribution in [3.63, 3.8) is 0 Å². The van der Waals surface area contributed by atoms with E-state index in [1.165, 1.54) is 29.0 Å². The minimum atomic E-state index is -1.01. The van der Waals surface area contributed by atoms with Gasteiger partial charge < -0.3 is 14.9 Å². The SMILES string of the molecule is O=C(NCc1cccc(-c2c[nH]c3ncc(F)cc23)c1)c1cccn(Cc2ccc(F)c(F)c2)c1=O. The van der Waals surface area contributed by atoms with E-state index in [1.54, 1.807) is 12.3 Å². The monoisotopic (exact) mass is 488 g/mol. The minimum Gasteiger partial charge on any atom is -0.348 e. The fraction of sp³-hybridized carbons (Fsp3) is 0.0741. The first-order chi connectivity index (χ1) is 17.4. The van der Waals surface area contributed by atoms with Gasteiger partial charge >= 0.3 is 0 Å². The van der Waals surface area contributed by atoms with Crippen molar-refractivity contribution in [1.82, 2.24) is 19.9 Å². The molecule has 0 aliphatic rings. The van der Waals surface area contributed by atoms with Crippen LogP contribution in [0.4, 0.5) is 13.2 Å². The van der Waals surface area contributed by atoms with Crippen molar-refractivity contribution in [3.8, 4) is 11.1 Å². The van der Waals surface area contributed by atoms with Gasteiger partial charge in [-0.15, -0.1) is 0 Å². The molecule has 3 heterocycles. The van der Waals surface area contributed by atoms with Crippen LogP contribution < -0.4 is 10.9 Å². The summed E-state index contributed by atoms with van der Waals surface area (Å²) in [7, 11) is 0. The lowest BCUT2D eigenvalue weighted by atomic mass is 10.0. The third-order valence-electron chi connectivity index (χ3n) is 5.79. The molecule has 0 spiro atoms. The van der Waals surface area contributed by atoms with Gasteiger partial charge in [0.1, 0.15) is 17.0 Å². The summed E-state index contributed by atoms with van der Waals surface area (Å²) in [6.45, 7) is 0.137. The number of pyridine rings is 2. The largest absolute Gasteiger partial charge is 0.348 e. The van der Waals surface area contributed by atoms with Gasteiger partial charge in [-0.25, -0.2) is 18.2 Å². The zero-order valence-corrected chi connectivity index (χ0v) is 18.8. The number of carbonyl (C=O) groups is 1. The van der Waals surface area contributed by atoms with Gasteiger partial charge in [-0.2, -0.15) is 0 Å². The topological polar surface area (TPSA) is 79.8 Å². The van der Waals surface area contributed by atoms with Crippen LogP contribution in [-0.2, 0) is 13.1 Å². The van der Waals surface area contributed by atoms with Crippen LogP contribution in [0.5, 0.6) is 0 Å². The second kappa shape index (κ2) is 9.53. The molecule has 2 N–H and O–H groups in total. The first-order valence-corrected chi connectivity index (χ1v) is 11.0. The zero-order valence-electron chi connectivity index (χ0n) is 18.8. The molecule has 5 rings (SSSR count). The third-order valence-corrected chi connectivity index (χ3v) is 5.79. The lowest BCUT2D eigenvalue weighted by Crippen LogP contribution is -2.32. The predicted molar refractivity (Wildman–Crippen MR) is 129 cm³/mol. The number of rotatable bonds is 6. The lowest BCUT2D eigenvalue weighted by Gasteiger charge is -2.10. The second-order valence-electron chi connectivity index (χ2n) is 8.24. The highest BCUT2D eigenvalue weighted by molar-refractivity contribution is 5.94. The Bertz CT molecular complexity index is 1660. The van der Waals surface area contributed by atoms with E-state index >= 15 is 0 Å². The maximum absolute atomic E-state index is 13.7. The summed E-state index contributed by atoms with van der Waals surface area (Å²) in [6.07, 6.45) is 4.36. The highest BCUT2D eigenvalue weighted by atomic mass is 19.2. The number of fused-ring (bicyclic) bond motifs is 1. The van der Waals surface area contributed by atoms with Crippen LogP contribution in [0.3, 0.4) is 0 Å². The fourth-order valence-corrected chi connectivity index (χ4v) is 4.01. The molecule has 0 fully saturated rings. The first-order valence-electron chi connectivity index (χ1n) is 11.0. The highest BCUT2D eigenvalue weighted by Crippen LogP contribution is 2.28. The van der Waals surface area contributed by atoms with Gasteiger partial charge in [0.25, 0.3) is 11.5 Å². The normalized spacial score (nSPS) is 11.1. The van der Waals surface area contributed by atoms with Gasteiger partial charge in [0.15, 0.2) is 11.6 Å². The molecule has 5 aromatic rings. The van der Waals surface area contributed by atoms with Crippen molar-refractivity contribution in [3.05, 3.63) is 124 Å². The van der Waals surface area contributed by atoms with Gasteiger partial charge in [-0.3, -0.25) is 9.59 Å². The van der Waals surface area contributed by atoms with Crippen molar-refractivity contribution >= 4 is 16.9 Å². The smallest absolute Gasteiger partial charge is 0.263 e. The fourth-order valence-electron chi connectivity index (χ4n) is 4.01. The first kappa shape index (κ1) is 23.1.